The van der Waals surface area contributed by atoms with E-state index in [2.05, 4.69) is 31.2 Å². The highest BCUT2D eigenvalue weighted by atomic mass is 16.2. The molecule has 0 atom stereocenters. The fraction of sp³-hybridized carbons (Fsp3) is 0.105. The molecule has 9 nitrogen and oxygen atoms in total. The molecule has 0 aliphatic heterocycles. The van der Waals surface area contributed by atoms with Crippen LogP contribution in [-0.4, -0.2) is 37.0 Å². The molecule has 140 valence electrons. The van der Waals surface area contributed by atoms with Crippen LogP contribution in [0.4, 0.5) is 0 Å². The number of hydrogen-bond acceptors (Lipinski definition) is 5. The van der Waals surface area contributed by atoms with E-state index < -0.39 is 5.91 Å². The zero-order valence-electron chi connectivity index (χ0n) is 14.8. The minimum absolute atomic E-state index is 0.143. The van der Waals surface area contributed by atoms with Crippen LogP contribution >= 0.6 is 0 Å². The lowest BCUT2D eigenvalue weighted by atomic mass is 10.1. The summed E-state index contributed by atoms with van der Waals surface area (Å²) in [7, 11) is 0. The van der Waals surface area contributed by atoms with Gasteiger partial charge in [-0.2, -0.15) is 4.80 Å². The Morgan fingerprint density at radius 2 is 1.71 bits per heavy atom. The molecule has 0 unspecified atom stereocenters. The number of aromatic nitrogens is 5. The van der Waals surface area contributed by atoms with Gasteiger partial charge in [0, 0.05) is 22.7 Å². The quantitative estimate of drug-likeness (QED) is 0.453. The lowest BCUT2D eigenvalue weighted by Crippen LogP contribution is -2.44. The number of amides is 2. The first kappa shape index (κ1) is 17.4. The van der Waals surface area contributed by atoms with Crippen molar-refractivity contribution in [3.8, 4) is 11.4 Å². The maximum atomic E-state index is 12.1. The molecule has 2 heterocycles. The summed E-state index contributed by atoms with van der Waals surface area (Å²) < 4.78 is 0. The van der Waals surface area contributed by atoms with Crippen LogP contribution in [0.5, 0.6) is 0 Å². The van der Waals surface area contributed by atoms with Crippen molar-refractivity contribution in [2.45, 2.75) is 13.0 Å². The van der Waals surface area contributed by atoms with E-state index in [1.807, 2.05) is 54.6 Å². The Bertz CT molecular complexity index is 1120. The summed E-state index contributed by atoms with van der Waals surface area (Å²) in [5.74, 6) is -0.351. The molecule has 4 rings (SSSR count). The van der Waals surface area contributed by atoms with Gasteiger partial charge in [-0.15, -0.1) is 10.2 Å². The minimum atomic E-state index is -0.454. The third-order valence-electron chi connectivity index (χ3n) is 4.14. The Hall–Kier alpha value is -4.01. The van der Waals surface area contributed by atoms with Gasteiger partial charge >= 0.3 is 0 Å². The number of carbonyl (C=O) groups excluding carboxylic acids is 2. The average Bonchev–Trinajstić information content (AvgIpc) is 3.35. The van der Waals surface area contributed by atoms with Crippen LogP contribution in [0.1, 0.15) is 5.56 Å². The number of para-hydroxylation sites is 1. The van der Waals surface area contributed by atoms with E-state index in [0.29, 0.717) is 5.82 Å². The lowest BCUT2D eigenvalue weighted by molar-refractivity contribution is -0.129. The number of aromatic amines is 1. The van der Waals surface area contributed by atoms with Crippen molar-refractivity contribution in [1.82, 2.24) is 36.0 Å². The average molecular weight is 375 g/mol. The zero-order chi connectivity index (χ0) is 19.3. The van der Waals surface area contributed by atoms with Gasteiger partial charge in [0.05, 0.1) is 6.42 Å². The second kappa shape index (κ2) is 7.70. The van der Waals surface area contributed by atoms with Crippen LogP contribution in [0.3, 0.4) is 0 Å². The van der Waals surface area contributed by atoms with Gasteiger partial charge in [0.15, 0.2) is 0 Å². The molecule has 2 amide bonds. The molecule has 0 spiro atoms. The normalized spacial score (nSPS) is 10.7. The number of H-pyrrole nitrogens is 1. The van der Waals surface area contributed by atoms with Gasteiger partial charge in [0.2, 0.25) is 11.7 Å². The maximum absolute atomic E-state index is 12.1. The van der Waals surface area contributed by atoms with Crippen LogP contribution in [0.25, 0.3) is 22.3 Å². The van der Waals surface area contributed by atoms with Crippen LogP contribution in [-0.2, 0) is 22.6 Å². The molecule has 2 aromatic carbocycles. The Balaban J connectivity index is 1.30. The SMILES string of the molecule is O=C(Cc1c[nH]c2ccccc12)NNC(=O)Cn1nnc(-c2ccccc2)n1. The van der Waals surface area contributed by atoms with E-state index in [-0.39, 0.29) is 18.9 Å². The van der Waals surface area contributed by atoms with Crippen LogP contribution in [0, 0.1) is 0 Å². The third-order valence-corrected chi connectivity index (χ3v) is 4.14. The number of tetrazole rings is 1. The first-order valence-corrected chi connectivity index (χ1v) is 8.65. The van der Waals surface area contributed by atoms with E-state index in [9.17, 15) is 9.59 Å². The van der Waals surface area contributed by atoms with Crippen molar-refractivity contribution in [3.63, 3.8) is 0 Å². The Morgan fingerprint density at radius 1 is 0.964 bits per heavy atom. The van der Waals surface area contributed by atoms with Gasteiger partial charge < -0.3 is 4.98 Å². The summed E-state index contributed by atoms with van der Waals surface area (Å²) in [6, 6.07) is 17.0. The number of fused-ring (bicyclic) bond motifs is 1. The standard InChI is InChI=1S/C19H17N7O2/c27-17(10-14-11-20-16-9-5-4-8-15(14)16)21-22-18(28)12-26-24-19(23-25-26)13-6-2-1-3-7-13/h1-9,11,20H,10,12H2,(H,21,27)(H,22,28). The molecule has 4 aromatic rings. The third kappa shape index (κ3) is 3.88. The number of rotatable bonds is 5. The molecule has 0 saturated heterocycles. The first-order chi connectivity index (χ1) is 13.7. The summed E-state index contributed by atoms with van der Waals surface area (Å²) in [5.41, 5.74) is 7.39. The van der Waals surface area contributed by atoms with Crippen LogP contribution < -0.4 is 10.9 Å². The first-order valence-electron chi connectivity index (χ1n) is 8.65. The maximum Gasteiger partial charge on any atom is 0.262 e. The molecule has 0 radical (unpaired) electrons. The van der Waals surface area contributed by atoms with E-state index in [4.69, 9.17) is 0 Å². The van der Waals surface area contributed by atoms with Gasteiger partial charge in [-0.25, -0.2) is 0 Å². The molecular formula is C19H17N7O2. The highest BCUT2D eigenvalue weighted by Gasteiger charge is 2.12. The molecule has 0 bridgehead atoms. The molecule has 0 saturated carbocycles. The topological polar surface area (TPSA) is 118 Å². The van der Waals surface area contributed by atoms with Gasteiger partial charge in [0.25, 0.3) is 5.91 Å². The Morgan fingerprint density at radius 3 is 2.57 bits per heavy atom. The second-order valence-electron chi connectivity index (χ2n) is 6.14. The van der Waals surface area contributed by atoms with E-state index in [1.165, 1.54) is 4.80 Å². The highest BCUT2D eigenvalue weighted by Crippen LogP contribution is 2.17. The predicted molar refractivity (Wildman–Crippen MR) is 102 cm³/mol. The molecule has 3 N–H and O–H groups in total. The number of hydrogen-bond donors (Lipinski definition) is 3. The number of nitrogens with one attached hydrogen (secondary N) is 3. The van der Waals surface area contributed by atoms with Gasteiger partial charge in [-0.3, -0.25) is 20.4 Å². The number of benzene rings is 2. The van der Waals surface area contributed by atoms with Gasteiger partial charge in [-0.05, 0) is 16.8 Å². The predicted octanol–water partition coefficient (Wildman–Crippen LogP) is 1.21. The summed E-state index contributed by atoms with van der Waals surface area (Å²) >= 11 is 0. The summed E-state index contributed by atoms with van der Waals surface area (Å²) in [4.78, 5) is 28.4. The van der Waals surface area contributed by atoms with E-state index in [0.717, 1.165) is 22.0 Å². The van der Waals surface area contributed by atoms with Crippen LogP contribution in [0.2, 0.25) is 0 Å². The molecule has 28 heavy (non-hydrogen) atoms. The number of hydrazine groups is 1. The molecular weight excluding hydrogens is 358 g/mol. The van der Waals surface area contributed by atoms with Crippen molar-refractivity contribution >= 4 is 22.7 Å². The van der Waals surface area contributed by atoms with E-state index >= 15 is 0 Å². The van der Waals surface area contributed by atoms with Gasteiger partial charge in [-0.1, -0.05) is 48.5 Å². The highest BCUT2D eigenvalue weighted by molar-refractivity contribution is 5.89. The minimum Gasteiger partial charge on any atom is -0.361 e. The van der Waals surface area contributed by atoms with Crippen molar-refractivity contribution in [1.29, 1.82) is 0 Å². The number of nitrogens with zero attached hydrogens (tertiary/aromatic N) is 4. The Labute approximate surface area is 159 Å². The monoisotopic (exact) mass is 375 g/mol. The molecule has 0 aliphatic rings. The van der Waals surface area contributed by atoms with Crippen molar-refractivity contribution in [3.05, 3.63) is 66.4 Å². The molecule has 9 heteroatoms. The molecule has 2 aromatic heterocycles. The fourth-order valence-electron chi connectivity index (χ4n) is 2.82. The second-order valence-corrected chi connectivity index (χ2v) is 6.14. The van der Waals surface area contributed by atoms with Crippen LogP contribution in [0.15, 0.2) is 60.8 Å². The molecule has 0 fully saturated rings. The fourth-order valence-corrected chi connectivity index (χ4v) is 2.82. The van der Waals surface area contributed by atoms with Crippen molar-refractivity contribution in [2.24, 2.45) is 0 Å². The summed E-state index contributed by atoms with van der Waals surface area (Å²) in [5, 5.41) is 12.9. The summed E-state index contributed by atoms with van der Waals surface area (Å²) in [6.45, 7) is -0.160. The van der Waals surface area contributed by atoms with Crippen molar-refractivity contribution < 1.29 is 9.59 Å². The number of carbonyl (C=O) groups is 2. The Kier molecular flexibility index (Phi) is 4.79. The van der Waals surface area contributed by atoms with Crippen molar-refractivity contribution in [2.75, 3.05) is 0 Å². The zero-order valence-corrected chi connectivity index (χ0v) is 14.8. The van der Waals surface area contributed by atoms with E-state index in [1.54, 1.807) is 6.20 Å². The largest absolute Gasteiger partial charge is 0.361 e. The van der Waals surface area contributed by atoms with Gasteiger partial charge in [0.1, 0.15) is 6.54 Å². The lowest BCUT2D eigenvalue weighted by Gasteiger charge is -2.06. The summed E-state index contributed by atoms with van der Waals surface area (Å²) in [6.07, 6.45) is 1.93. The smallest absolute Gasteiger partial charge is 0.262 e. The molecule has 0 aliphatic carbocycles.